The van der Waals surface area contributed by atoms with Crippen molar-refractivity contribution < 1.29 is 18.3 Å². The summed E-state index contributed by atoms with van der Waals surface area (Å²) in [5.74, 6) is -0.793. The molecule has 0 amide bonds. The number of hydrogen-bond donors (Lipinski definition) is 1. The van der Waals surface area contributed by atoms with E-state index in [-0.39, 0.29) is 30.0 Å². The highest BCUT2D eigenvalue weighted by Gasteiger charge is 2.20. The molecule has 6 heteroatoms. The number of nitrogens with zero attached hydrogens (tertiary/aromatic N) is 1. The number of nitrogen functional groups attached to an aromatic ring is 1. The lowest BCUT2D eigenvalue weighted by Crippen LogP contribution is -2.12. The zero-order chi connectivity index (χ0) is 13.0. The number of esters is 1. The van der Waals surface area contributed by atoms with Crippen molar-refractivity contribution in [2.24, 2.45) is 0 Å². The van der Waals surface area contributed by atoms with Gasteiger partial charge in [0.2, 0.25) is 0 Å². The molecule has 4 nitrogen and oxygen atoms in total. The van der Waals surface area contributed by atoms with Gasteiger partial charge in [0, 0.05) is 5.69 Å². The first-order valence-corrected chi connectivity index (χ1v) is 5.15. The lowest BCUT2D eigenvalue weighted by molar-refractivity contribution is -0.142. The lowest BCUT2D eigenvalue weighted by Gasteiger charge is -2.11. The summed E-state index contributed by atoms with van der Waals surface area (Å²) < 4.78 is 30.3. The third-order valence-corrected chi connectivity index (χ3v) is 2.16. The zero-order valence-corrected chi connectivity index (χ0v) is 9.67. The molecule has 0 aromatic carbocycles. The summed E-state index contributed by atoms with van der Waals surface area (Å²) in [5, 5.41) is 0. The van der Waals surface area contributed by atoms with Crippen LogP contribution < -0.4 is 5.73 Å². The van der Waals surface area contributed by atoms with E-state index in [1.54, 1.807) is 13.8 Å². The summed E-state index contributed by atoms with van der Waals surface area (Å²) in [4.78, 5) is 15.0. The van der Waals surface area contributed by atoms with Crippen LogP contribution in [0.5, 0.6) is 0 Å². The van der Waals surface area contributed by atoms with Gasteiger partial charge in [0.05, 0.1) is 18.6 Å². The van der Waals surface area contributed by atoms with E-state index in [1.165, 1.54) is 6.07 Å². The molecule has 1 aromatic rings. The molecule has 0 unspecified atom stereocenters. The van der Waals surface area contributed by atoms with E-state index >= 15 is 0 Å². The number of ether oxygens (including phenoxy) is 1. The molecule has 0 saturated heterocycles. The number of nitrogens with two attached hydrogens (primary N) is 1. The first kappa shape index (κ1) is 13.3. The predicted molar refractivity (Wildman–Crippen MR) is 58.7 cm³/mol. The normalized spacial score (nSPS) is 10.6. The maximum absolute atomic E-state index is 12.8. The van der Waals surface area contributed by atoms with E-state index in [0.29, 0.717) is 5.69 Å². The fourth-order valence-electron chi connectivity index (χ4n) is 1.54. The number of hydrogen-bond acceptors (Lipinski definition) is 4. The van der Waals surface area contributed by atoms with Crippen molar-refractivity contribution in [2.75, 3.05) is 12.3 Å². The molecule has 1 heterocycles. The van der Waals surface area contributed by atoms with Crippen LogP contribution in [0.15, 0.2) is 6.07 Å². The van der Waals surface area contributed by atoms with Gasteiger partial charge in [-0.1, -0.05) is 0 Å². The molecule has 0 aliphatic heterocycles. The van der Waals surface area contributed by atoms with Gasteiger partial charge < -0.3 is 10.5 Å². The Labute approximate surface area is 97.8 Å². The molecule has 0 spiro atoms. The van der Waals surface area contributed by atoms with E-state index in [2.05, 4.69) is 4.98 Å². The van der Waals surface area contributed by atoms with Gasteiger partial charge in [-0.2, -0.15) is 0 Å². The van der Waals surface area contributed by atoms with Crippen molar-refractivity contribution in [1.29, 1.82) is 0 Å². The first-order valence-electron chi connectivity index (χ1n) is 5.15. The highest BCUT2D eigenvalue weighted by molar-refractivity contribution is 5.73. The summed E-state index contributed by atoms with van der Waals surface area (Å²) in [5.41, 5.74) is 5.71. The van der Waals surface area contributed by atoms with Crippen molar-refractivity contribution in [3.63, 3.8) is 0 Å². The summed E-state index contributed by atoms with van der Waals surface area (Å²) in [7, 11) is 0. The number of carbonyl (C=O) groups excluding carboxylic acids is 1. The van der Waals surface area contributed by atoms with Crippen molar-refractivity contribution in [2.45, 2.75) is 26.7 Å². The molecule has 0 fully saturated rings. The zero-order valence-electron chi connectivity index (χ0n) is 9.67. The summed E-state index contributed by atoms with van der Waals surface area (Å²) in [6.45, 7) is 3.49. The maximum Gasteiger partial charge on any atom is 0.310 e. The fraction of sp³-hybridized carbons (Fsp3) is 0.455. The predicted octanol–water partition coefficient (Wildman–Crippen LogP) is 2.02. The van der Waals surface area contributed by atoms with Crippen LogP contribution in [0.2, 0.25) is 0 Å². The number of rotatable bonds is 4. The van der Waals surface area contributed by atoms with Crippen LogP contribution in [0.4, 0.5) is 14.6 Å². The molecule has 1 aromatic heterocycles. The van der Waals surface area contributed by atoms with Gasteiger partial charge in [-0.25, -0.2) is 13.8 Å². The maximum atomic E-state index is 12.8. The Morgan fingerprint density at radius 3 is 2.76 bits per heavy atom. The van der Waals surface area contributed by atoms with Crippen LogP contribution in [0, 0.1) is 6.92 Å². The van der Waals surface area contributed by atoms with Gasteiger partial charge in [-0.05, 0) is 25.5 Å². The van der Waals surface area contributed by atoms with Crippen molar-refractivity contribution in [3.05, 3.63) is 22.9 Å². The largest absolute Gasteiger partial charge is 0.466 e. The molecule has 1 rings (SSSR count). The van der Waals surface area contributed by atoms with Crippen molar-refractivity contribution in [1.82, 2.24) is 4.98 Å². The Balaban J connectivity index is 3.08. The quantitative estimate of drug-likeness (QED) is 0.823. The topological polar surface area (TPSA) is 65.2 Å². The first-order chi connectivity index (χ1) is 7.95. The SMILES string of the molecule is CCOC(=O)Cc1cc(C)nc(N)c1C(F)F. The minimum Gasteiger partial charge on any atom is -0.466 e. The Bertz CT molecular complexity index is 422. The minimum atomic E-state index is -2.76. The second-order valence-electron chi connectivity index (χ2n) is 3.50. The Kier molecular flexibility index (Phi) is 4.37. The molecule has 0 aliphatic carbocycles. The van der Waals surface area contributed by atoms with Crippen LogP contribution in [0.1, 0.15) is 30.2 Å². The number of halogens is 2. The Morgan fingerprint density at radius 2 is 2.24 bits per heavy atom. The number of carbonyl (C=O) groups is 1. The Morgan fingerprint density at radius 1 is 1.59 bits per heavy atom. The van der Waals surface area contributed by atoms with E-state index in [1.807, 2.05) is 0 Å². The van der Waals surface area contributed by atoms with Gasteiger partial charge in [-0.15, -0.1) is 0 Å². The molecule has 0 radical (unpaired) electrons. The summed E-state index contributed by atoms with van der Waals surface area (Å²) in [6, 6.07) is 1.43. The molecule has 0 bridgehead atoms. The van der Waals surface area contributed by atoms with Crippen molar-refractivity contribution in [3.8, 4) is 0 Å². The van der Waals surface area contributed by atoms with Gasteiger partial charge >= 0.3 is 5.97 Å². The number of anilines is 1. The number of alkyl halides is 2. The van der Waals surface area contributed by atoms with Crippen LogP contribution in [0.3, 0.4) is 0 Å². The molecular weight excluding hydrogens is 230 g/mol. The molecule has 94 valence electrons. The minimum absolute atomic E-state index is 0.170. The van der Waals surface area contributed by atoms with Crippen LogP contribution in [-0.2, 0) is 16.0 Å². The average Bonchev–Trinajstić information content (AvgIpc) is 2.15. The molecule has 0 aliphatic rings. The number of aryl methyl sites for hydroxylation is 1. The smallest absolute Gasteiger partial charge is 0.310 e. The average molecular weight is 244 g/mol. The molecule has 0 saturated carbocycles. The third-order valence-electron chi connectivity index (χ3n) is 2.16. The summed E-state index contributed by atoms with van der Waals surface area (Å²) >= 11 is 0. The molecular formula is C11H14F2N2O2. The van der Waals surface area contributed by atoms with Crippen LogP contribution >= 0.6 is 0 Å². The highest BCUT2D eigenvalue weighted by Crippen LogP contribution is 2.28. The van der Waals surface area contributed by atoms with E-state index in [4.69, 9.17) is 10.5 Å². The highest BCUT2D eigenvalue weighted by atomic mass is 19.3. The molecule has 0 atom stereocenters. The summed E-state index contributed by atoms with van der Waals surface area (Å²) in [6.07, 6.45) is -2.98. The number of aromatic nitrogens is 1. The lowest BCUT2D eigenvalue weighted by atomic mass is 10.1. The second kappa shape index (κ2) is 5.56. The van der Waals surface area contributed by atoms with E-state index < -0.39 is 12.4 Å². The molecule has 2 N–H and O–H groups in total. The standard InChI is InChI=1S/C11H14F2N2O2/c1-3-17-8(16)5-7-4-6(2)15-11(14)9(7)10(12)13/h4,10H,3,5H2,1-2H3,(H2,14,15). The van der Waals surface area contributed by atoms with Gasteiger partial charge in [0.15, 0.2) is 0 Å². The van der Waals surface area contributed by atoms with E-state index in [9.17, 15) is 13.6 Å². The van der Waals surface area contributed by atoms with E-state index in [0.717, 1.165) is 0 Å². The van der Waals surface area contributed by atoms with Crippen LogP contribution in [0.25, 0.3) is 0 Å². The fourth-order valence-corrected chi connectivity index (χ4v) is 1.54. The monoisotopic (exact) mass is 244 g/mol. The third kappa shape index (κ3) is 3.37. The van der Waals surface area contributed by atoms with Gasteiger partial charge in [-0.3, -0.25) is 4.79 Å². The van der Waals surface area contributed by atoms with Crippen LogP contribution in [-0.4, -0.2) is 17.6 Å². The van der Waals surface area contributed by atoms with Gasteiger partial charge in [0.25, 0.3) is 6.43 Å². The van der Waals surface area contributed by atoms with Crippen molar-refractivity contribution >= 4 is 11.8 Å². The number of pyridine rings is 1. The molecule has 17 heavy (non-hydrogen) atoms. The Hall–Kier alpha value is -1.72. The second-order valence-corrected chi connectivity index (χ2v) is 3.50. The van der Waals surface area contributed by atoms with Gasteiger partial charge in [0.1, 0.15) is 5.82 Å².